The first kappa shape index (κ1) is 13.8. The first-order valence-electron chi connectivity index (χ1n) is 5.91. The molecular formula is C12H23NO2S. The van der Waals surface area contributed by atoms with Gasteiger partial charge in [-0.25, -0.2) is 0 Å². The summed E-state index contributed by atoms with van der Waals surface area (Å²) in [6, 6.07) is -0.594. The summed E-state index contributed by atoms with van der Waals surface area (Å²) in [4.78, 5) is 11.6. The van der Waals surface area contributed by atoms with Gasteiger partial charge in [0.2, 0.25) is 0 Å². The molecule has 2 N–H and O–H groups in total. The summed E-state index contributed by atoms with van der Waals surface area (Å²) < 4.78 is 5.44. The molecule has 0 bridgehead atoms. The molecule has 4 heteroatoms. The van der Waals surface area contributed by atoms with Crippen LogP contribution in [0.15, 0.2) is 0 Å². The van der Waals surface area contributed by atoms with Crippen LogP contribution in [-0.4, -0.2) is 23.9 Å². The molecule has 3 nitrogen and oxygen atoms in total. The van der Waals surface area contributed by atoms with E-state index in [1.54, 1.807) is 0 Å². The highest BCUT2D eigenvalue weighted by atomic mass is 32.1. The number of carbonyl (C=O) groups excluding carboxylic acids is 1. The fourth-order valence-corrected chi connectivity index (χ4v) is 2.82. The van der Waals surface area contributed by atoms with E-state index in [0.29, 0.717) is 11.7 Å². The minimum absolute atomic E-state index is 0.0252. The maximum Gasteiger partial charge on any atom is 0.324 e. The molecule has 0 aromatic heterocycles. The fraction of sp³-hybridized carbons (Fsp3) is 0.917. The lowest BCUT2D eigenvalue weighted by molar-refractivity contribution is -0.154. The predicted molar refractivity (Wildman–Crippen MR) is 68.5 cm³/mol. The Morgan fingerprint density at radius 3 is 2.69 bits per heavy atom. The Morgan fingerprint density at radius 1 is 1.56 bits per heavy atom. The van der Waals surface area contributed by atoms with Crippen LogP contribution in [0.3, 0.4) is 0 Å². The van der Waals surface area contributed by atoms with E-state index < -0.39 is 6.04 Å². The van der Waals surface area contributed by atoms with Gasteiger partial charge in [0.05, 0.1) is 0 Å². The summed E-state index contributed by atoms with van der Waals surface area (Å²) in [6.45, 7) is 6.66. The van der Waals surface area contributed by atoms with Gasteiger partial charge in [-0.15, -0.1) is 0 Å². The zero-order valence-corrected chi connectivity index (χ0v) is 11.3. The molecule has 0 aromatic rings. The molecule has 0 saturated heterocycles. The molecule has 1 fully saturated rings. The van der Waals surface area contributed by atoms with E-state index in [4.69, 9.17) is 10.5 Å². The number of esters is 1. The van der Waals surface area contributed by atoms with Gasteiger partial charge >= 0.3 is 5.97 Å². The second kappa shape index (κ2) is 5.41. The molecule has 0 aromatic carbocycles. The summed E-state index contributed by atoms with van der Waals surface area (Å²) >= 11 is 4.00. The van der Waals surface area contributed by atoms with Gasteiger partial charge < -0.3 is 10.5 Å². The fourth-order valence-electron chi connectivity index (χ4n) is 2.67. The van der Waals surface area contributed by atoms with Crippen molar-refractivity contribution < 1.29 is 9.53 Å². The summed E-state index contributed by atoms with van der Waals surface area (Å²) in [5.41, 5.74) is 5.84. The molecule has 0 heterocycles. The number of carbonyl (C=O) groups is 1. The van der Waals surface area contributed by atoms with Crippen molar-refractivity contribution in [2.45, 2.75) is 52.2 Å². The molecule has 0 amide bonds. The third-order valence-corrected chi connectivity index (χ3v) is 3.52. The molecule has 3 unspecified atom stereocenters. The Labute approximate surface area is 104 Å². The van der Waals surface area contributed by atoms with E-state index in [-0.39, 0.29) is 17.5 Å². The van der Waals surface area contributed by atoms with E-state index in [1.807, 2.05) is 0 Å². The van der Waals surface area contributed by atoms with E-state index in [9.17, 15) is 4.79 Å². The van der Waals surface area contributed by atoms with Crippen LogP contribution >= 0.6 is 12.6 Å². The van der Waals surface area contributed by atoms with Crippen LogP contribution in [0, 0.1) is 11.3 Å². The average molecular weight is 245 g/mol. The smallest absolute Gasteiger partial charge is 0.324 e. The molecule has 94 valence electrons. The summed E-state index contributed by atoms with van der Waals surface area (Å²) in [5.74, 6) is 0.628. The van der Waals surface area contributed by atoms with Crippen LogP contribution in [0.25, 0.3) is 0 Å². The first-order valence-corrected chi connectivity index (χ1v) is 6.54. The van der Waals surface area contributed by atoms with E-state index in [1.165, 1.54) is 6.42 Å². The number of hydrogen-bond acceptors (Lipinski definition) is 4. The van der Waals surface area contributed by atoms with Crippen molar-refractivity contribution in [2.24, 2.45) is 17.1 Å². The molecule has 0 radical (unpaired) electrons. The summed E-state index contributed by atoms with van der Waals surface area (Å²) in [7, 11) is 0. The van der Waals surface area contributed by atoms with Crippen LogP contribution in [0.1, 0.15) is 40.0 Å². The summed E-state index contributed by atoms with van der Waals surface area (Å²) in [5, 5.41) is 0. The van der Waals surface area contributed by atoms with Crippen LogP contribution in [0.5, 0.6) is 0 Å². The maximum absolute atomic E-state index is 11.6. The Morgan fingerprint density at radius 2 is 2.19 bits per heavy atom. The molecule has 3 atom stereocenters. The Balaban J connectivity index is 2.51. The van der Waals surface area contributed by atoms with Crippen molar-refractivity contribution in [1.82, 2.24) is 0 Å². The monoisotopic (exact) mass is 245 g/mol. The van der Waals surface area contributed by atoms with E-state index in [2.05, 4.69) is 33.4 Å². The quantitative estimate of drug-likeness (QED) is 0.590. The molecule has 1 saturated carbocycles. The highest BCUT2D eigenvalue weighted by Crippen LogP contribution is 2.39. The molecule has 1 aliphatic rings. The predicted octanol–water partition coefficient (Wildman–Crippen LogP) is 2.00. The van der Waals surface area contributed by atoms with Crippen LogP contribution in [-0.2, 0) is 9.53 Å². The van der Waals surface area contributed by atoms with Gasteiger partial charge in [-0.1, -0.05) is 20.8 Å². The largest absolute Gasteiger partial charge is 0.461 e. The van der Waals surface area contributed by atoms with Gasteiger partial charge in [0.15, 0.2) is 0 Å². The van der Waals surface area contributed by atoms with Crippen molar-refractivity contribution in [2.75, 3.05) is 5.75 Å². The highest BCUT2D eigenvalue weighted by molar-refractivity contribution is 7.80. The van der Waals surface area contributed by atoms with Crippen molar-refractivity contribution in [3.05, 3.63) is 0 Å². The topological polar surface area (TPSA) is 52.3 Å². The lowest BCUT2D eigenvalue weighted by Crippen LogP contribution is -2.40. The number of nitrogens with two attached hydrogens (primary N) is 1. The lowest BCUT2D eigenvalue weighted by Gasteiger charge is -2.38. The minimum Gasteiger partial charge on any atom is -0.461 e. The van der Waals surface area contributed by atoms with E-state index >= 15 is 0 Å². The Hall–Kier alpha value is -0.220. The zero-order valence-electron chi connectivity index (χ0n) is 10.4. The van der Waals surface area contributed by atoms with Gasteiger partial charge in [0.25, 0.3) is 0 Å². The third-order valence-electron chi connectivity index (χ3n) is 3.13. The first-order chi connectivity index (χ1) is 7.34. The second-order valence-electron chi connectivity index (χ2n) is 5.76. The van der Waals surface area contributed by atoms with Crippen molar-refractivity contribution in [3.63, 3.8) is 0 Å². The number of thiol groups is 1. The highest BCUT2D eigenvalue weighted by Gasteiger charge is 2.34. The molecule has 0 spiro atoms. The van der Waals surface area contributed by atoms with Gasteiger partial charge in [0.1, 0.15) is 12.1 Å². The lowest BCUT2D eigenvalue weighted by atomic mass is 9.71. The third kappa shape index (κ3) is 3.98. The van der Waals surface area contributed by atoms with Crippen LogP contribution < -0.4 is 5.73 Å². The molecule has 0 aliphatic heterocycles. The van der Waals surface area contributed by atoms with Crippen molar-refractivity contribution in [1.29, 1.82) is 0 Å². The van der Waals surface area contributed by atoms with Crippen molar-refractivity contribution >= 4 is 18.6 Å². The number of hydrogen-bond donors (Lipinski definition) is 2. The summed E-state index contributed by atoms with van der Waals surface area (Å²) in [6.07, 6.45) is 3.11. The SMILES string of the molecule is CC1CC(OC(=O)C(N)CS)CC(C)(C)C1. The maximum atomic E-state index is 11.6. The van der Waals surface area contributed by atoms with E-state index in [0.717, 1.165) is 12.8 Å². The zero-order chi connectivity index (χ0) is 12.3. The number of rotatable bonds is 3. The number of ether oxygens (including phenoxy) is 1. The average Bonchev–Trinajstić information content (AvgIpc) is 2.12. The van der Waals surface area contributed by atoms with Gasteiger partial charge in [-0.2, -0.15) is 12.6 Å². The normalized spacial score (nSPS) is 30.8. The molecule has 1 rings (SSSR count). The van der Waals surface area contributed by atoms with Crippen molar-refractivity contribution in [3.8, 4) is 0 Å². The van der Waals surface area contributed by atoms with Crippen LogP contribution in [0.4, 0.5) is 0 Å². The molecule has 16 heavy (non-hydrogen) atoms. The standard InChI is InChI=1S/C12H23NO2S/c1-8-4-9(6-12(2,3)5-8)15-11(14)10(13)7-16/h8-10,16H,4-7,13H2,1-3H3. The van der Waals surface area contributed by atoms with Gasteiger partial charge in [-0.3, -0.25) is 4.79 Å². The second-order valence-corrected chi connectivity index (χ2v) is 6.13. The van der Waals surface area contributed by atoms with Gasteiger partial charge in [-0.05, 0) is 30.6 Å². The molecule has 1 aliphatic carbocycles. The molecular weight excluding hydrogens is 222 g/mol. The minimum atomic E-state index is -0.594. The van der Waals surface area contributed by atoms with Gasteiger partial charge in [0, 0.05) is 5.75 Å². The van der Waals surface area contributed by atoms with Crippen LogP contribution in [0.2, 0.25) is 0 Å². The Kier molecular flexibility index (Phi) is 4.68. The Bertz CT molecular complexity index is 255.